The number of aryl methyl sites for hydroxylation is 1. The van der Waals surface area contributed by atoms with Gasteiger partial charge in [-0.05, 0) is 43.9 Å². The lowest BCUT2D eigenvalue weighted by atomic mass is 10.1. The van der Waals surface area contributed by atoms with E-state index in [1.165, 1.54) is 0 Å². The van der Waals surface area contributed by atoms with Crippen molar-refractivity contribution in [2.75, 3.05) is 19.8 Å². The summed E-state index contributed by atoms with van der Waals surface area (Å²) in [6.07, 6.45) is 2.28. The van der Waals surface area contributed by atoms with E-state index in [4.69, 9.17) is 9.47 Å². The number of ether oxygens (including phenoxy) is 2. The third kappa shape index (κ3) is 3.96. The predicted octanol–water partition coefficient (Wildman–Crippen LogP) is 1.98. The Labute approximate surface area is 114 Å². The molecule has 19 heavy (non-hydrogen) atoms. The molecular weight excluding hydrogens is 242 g/mol. The molecular formula is C15H21NO3. The summed E-state index contributed by atoms with van der Waals surface area (Å²) < 4.78 is 11.0. The molecule has 1 fully saturated rings. The molecule has 0 radical (unpaired) electrons. The Morgan fingerprint density at radius 3 is 3.05 bits per heavy atom. The predicted molar refractivity (Wildman–Crippen MR) is 73.4 cm³/mol. The minimum absolute atomic E-state index is 0.0526. The lowest BCUT2D eigenvalue weighted by molar-refractivity contribution is -0.123. The maximum Gasteiger partial charge on any atom is 0.258 e. The van der Waals surface area contributed by atoms with Gasteiger partial charge in [0.15, 0.2) is 6.61 Å². The van der Waals surface area contributed by atoms with Gasteiger partial charge in [0.05, 0.1) is 6.10 Å². The van der Waals surface area contributed by atoms with Crippen LogP contribution in [0, 0.1) is 13.8 Å². The van der Waals surface area contributed by atoms with Crippen molar-refractivity contribution in [1.29, 1.82) is 0 Å². The van der Waals surface area contributed by atoms with Crippen molar-refractivity contribution in [2.24, 2.45) is 0 Å². The first-order valence-corrected chi connectivity index (χ1v) is 6.74. The summed E-state index contributed by atoms with van der Waals surface area (Å²) >= 11 is 0. The fraction of sp³-hybridized carbons (Fsp3) is 0.533. The molecule has 4 nitrogen and oxygen atoms in total. The molecule has 1 aromatic rings. The third-order valence-electron chi connectivity index (χ3n) is 3.46. The summed E-state index contributed by atoms with van der Waals surface area (Å²) in [6.45, 7) is 5.46. The number of carbonyl (C=O) groups is 1. The Kier molecular flexibility index (Phi) is 4.80. The Balaban J connectivity index is 1.75. The average molecular weight is 263 g/mol. The van der Waals surface area contributed by atoms with Crippen molar-refractivity contribution in [3.63, 3.8) is 0 Å². The fourth-order valence-corrected chi connectivity index (χ4v) is 2.11. The lowest BCUT2D eigenvalue weighted by Crippen LogP contribution is -2.35. The summed E-state index contributed by atoms with van der Waals surface area (Å²) in [5, 5.41) is 2.84. The second kappa shape index (κ2) is 6.57. The molecule has 1 aliphatic rings. The molecule has 1 atom stereocenters. The molecule has 4 heteroatoms. The van der Waals surface area contributed by atoms with Gasteiger partial charge >= 0.3 is 0 Å². The maximum absolute atomic E-state index is 11.7. The van der Waals surface area contributed by atoms with Crippen molar-refractivity contribution in [2.45, 2.75) is 32.8 Å². The van der Waals surface area contributed by atoms with Gasteiger partial charge in [-0.25, -0.2) is 0 Å². The third-order valence-corrected chi connectivity index (χ3v) is 3.46. The van der Waals surface area contributed by atoms with E-state index in [0.717, 1.165) is 36.3 Å². The summed E-state index contributed by atoms with van der Waals surface area (Å²) in [6, 6.07) is 5.84. The molecule has 2 rings (SSSR count). The molecule has 1 saturated heterocycles. The quantitative estimate of drug-likeness (QED) is 0.883. The minimum atomic E-state index is -0.101. The molecule has 0 aliphatic carbocycles. The fourth-order valence-electron chi connectivity index (χ4n) is 2.11. The number of hydrogen-bond donors (Lipinski definition) is 1. The largest absolute Gasteiger partial charge is 0.483 e. The molecule has 104 valence electrons. The summed E-state index contributed by atoms with van der Waals surface area (Å²) in [5.74, 6) is 0.670. The topological polar surface area (TPSA) is 47.6 Å². The molecule has 0 spiro atoms. The Morgan fingerprint density at radius 1 is 1.47 bits per heavy atom. The summed E-state index contributed by atoms with van der Waals surface area (Å²) in [4.78, 5) is 11.7. The molecule has 1 heterocycles. The van der Waals surface area contributed by atoms with Gasteiger partial charge in [-0.3, -0.25) is 4.79 Å². The zero-order valence-electron chi connectivity index (χ0n) is 11.6. The van der Waals surface area contributed by atoms with E-state index >= 15 is 0 Å². The zero-order valence-corrected chi connectivity index (χ0v) is 11.6. The number of carbonyl (C=O) groups excluding carboxylic acids is 1. The van der Waals surface area contributed by atoms with Gasteiger partial charge in [-0.15, -0.1) is 0 Å². The van der Waals surface area contributed by atoms with Crippen LogP contribution < -0.4 is 10.1 Å². The molecule has 0 saturated carbocycles. The second-order valence-corrected chi connectivity index (χ2v) is 4.93. The molecule has 0 aromatic heterocycles. The van der Waals surface area contributed by atoms with E-state index in [1.54, 1.807) is 0 Å². The van der Waals surface area contributed by atoms with Gasteiger partial charge in [0.2, 0.25) is 0 Å². The van der Waals surface area contributed by atoms with Crippen molar-refractivity contribution >= 4 is 5.91 Å². The van der Waals surface area contributed by atoms with Gasteiger partial charge < -0.3 is 14.8 Å². The van der Waals surface area contributed by atoms with Gasteiger partial charge in [0.25, 0.3) is 5.91 Å². The van der Waals surface area contributed by atoms with Crippen LogP contribution in [0.3, 0.4) is 0 Å². The Morgan fingerprint density at radius 2 is 2.32 bits per heavy atom. The van der Waals surface area contributed by atoms with Crippen LogP contribution >= 0.6 is 0 Å². The van der Waals surface area contributed by atoms with Crippen LogP contribution in [0.5, 0.6) is 5.75 Å². The number of nitrogens with one attached hydrogen (secondary N) is 1. The maximum atomic E-state index is 11.7. The molecule has 1 amide bonds. The average Bonchev–Trinajstić information content (AvgIpc) is 2.91. The normalized spacial score (nSPS) is 18.3. The van der Waals surface area contributed by atoms with Gasteiger partial charge in [0, 0.05) is 13.2 Å². The molecule has 1 aromatic carbocycles. The van der Waals surface area contributed by atoms with E-state index in [0.29, 0.717) is 6.54 Å². The standard InChI is InChI=1S/C15H21NO3/c1-11-5-3-7-14(12(11)2)19-10-15(17)16-9-13-6-4-8-18-13/h3,5,7,13H,4,6,8-10H2,1-2H3,(H,16,17)/t13-/m1/s1. The van der Waals surface area contributed by atoms with Crippen LogP contribution in [0.15, 0.2) is 18.2 Å². The monoisotopic (exact) mass is 263 g/mol. The van der Waals surface area contributed by atoms with E-state index < -0.39 is 0 Å². The highest BCUT2D eigenvalue weighted by molar-refractivity contribution is 5.77. The van der Waals surface area contributed by atoms with E-state index in [2.05, 4.69) is 5.32 Å². The van der Waals surface area contributed by atoms with E-state index in [9.17, 15) is 4.79 Å². The second-order valence-electron chi connectivity index (χ2n) is 4.93. The number of benzene rings is 1. The first-order chi connectivity index (χ1) is 9.16. The van der Waals surface area contributed by atoms with Gasteiger partial charge in [-0.2, -0.15) is 0 Å². The highest BCUT2D eigenvalue weighted by Gasteiger charge is 2.16. The van der Waals surface area contributed by atoms with Crippen LogP contribution in [0.25, 0.3) is 0 Å². The van der Waals surface area contributed by atoms with Crippen LogP contribution in [0.2, 0.25) is 0 Å². The number of amides is 1. The van der Waals surface area contributed by atoms with E-state index in [-0.39, 0.29) is 18.6 Å². The van der Waals surface area contributed by atoms with Crippen LogP contribution in [-0.2, 0) is 9.53 Å². The molecule has 0 bridgehead atoms. The highest BCUT2D eigenvalue weighted by Crippen LogP contribution is 2.20. The first kappa shape index (κ1) is 13.9. The van der Waals surface area contributed by atoms with Crippen molar-refractivity contribution in [3.05, 3.63) is 29.3 Å². The lowest BCUT2D eigenvalue weighted by Gasteiger charge is -2.13. The van der Waals surface area contributed by atoms with E-state index in [1.807, 2.05) is 32.0 Å². The SMILES string of the molecule is Cc1cccc(OCC(=O)NC[C@H]2CCCO2)c1C. The number of hydrogen-bond acceptors (Lipinski definition) is 3. The Bertz CT molecular complexity index is 439. The Hall–Kier alpha value is -1.55. The molecule has 1 aliphatic heterocycles. The van der Waals surface area contributed by atoms with Crippen LogP contribution in [-0.4, -0.2) is 31.8 Å². The summed E-state index contributed by atoms with van der Waals surface area (Å²) in [7, 11) is 0. The van der Waals surface area contributed by atoms with Crippen LogP contribution in [0.4, 0.5) is 0 Å². The van der Waals surface area contributed by atoms with Crippen molar-refractivity contribution in [3.8, 4) is 5.75 Å². The van der Waals surface area contributed by atoms with Crippen LogP contribution in [0.1, 0.15) is 24.0 Å². The van der Waals surface area contributed by atoms with Crippen molar-refractivity contribution in [1.82, 2.24) is 5.32 Å². The molecule has 1 N–H and O–H groups in total. The molecule has 0 unspecified atom stereocenters. The van der Waals surface area contributed by atoms with Gasteiger partial charge in [0.1, 0.15) is 5.75 Å². The van der Waals surface area contributed by atoms with Crippen molar-refractivity contribution < 1.29 is 14.3 Å². The highest BCUT2D eigenvalue weighted by atomic mass is 16.5. The summed E-state index contributed by atoms with van der Waals surface area (Å²) in [5.41, 5.74) is 2.24. The van der Waals surface area contributed by atoms with Gasteiger partial charge in [-0.1, -0.05) is 12.1 Å². The zero-order chi connectivity index (χ0) is 13.7. The number of rotatable bonds is 5. The first-order valence-electron chi connectivity index (χ1n) is 6.74. The minimum Gasteiger partial charge on any atom is -0.483 e. The smallest absolute Gasteiger partial charge is 0.258 e.